The number of anilines is 2. The van der Waals surface area contributed by atoms with Crippen molar-refractivity contribution in [1.82, 2.24) is 5.32 Å². The van der Waals surface area contributed by atoms with Gasteiger partial charge in [-0.15, -0.1) is 0 Å². The van der Waals surface area contributed by atoms with Crippen LogP contribution in [0.25, 0.3) is 0 Å². The van der Waals surface area contributed by atoms with Gasteiger partial charge in [0.2, 0.25) is 11.8 Å². The van der Waals surface area contributed by atoms with Gasteiger partial charge in [-0.1, -0.05) is 42.0 Å². The van der Waals surface area contributed by atoms with E-state index in [0.717, 1.165) is 5.69 Å². The third kappa shape index (κ3) is 3.42. The second kappa shape index (κ2) is 7.06. The number of fused-ring (bicyclic) bond motifs is 1. The Labute approximate surface area is 166 Å². The van der Waals surface area contributed by atoms with E-state index in [1.165, 1.54) is 24.0 Å². The van der Waals surface area contributed by atoms with Crippen LogP contribution in [-0.2, 0) is 9.59 Å². The molecule has 1 saturated carbocycles. The molecule has 2 aliphatic rings. The molecule has 5 heteroatoms. The van der Waals surface area contributed by atoms with Gasteiger partial charge in [-0.3, -0.25) is 14.5 Å². The molecular formula is C23H27N3O2. The number of amides is 2. The summed E-state index contributed by atoms with van der Waals surface area (Å²) >= 11 is 0. The molecular weight excluding hydrogens is 350 g/mol. The minimum Gasteiger partial charge on any atom is -0.322 e. The first kappa shape index (κ1) is 18.7. The Morgan fingerprint density at radius 3 is 2.54 bits per heavy atom. The second-order valence-corrected chi connectivity index (χ2v) is 8.37. The van der Waals surface area contributed by atoms with Crippen LogP contribution in [0.15, 0.2) is 48.5 Å². The summed E-state index contributed by atoms with van der Waals surface area (Å²) in [6.07, 6.45) is 2.36. The van der Waals surface area contributed by atoms with Crippen LogP contribution in [0.1, 0.15) is 43.9 Å². The Morgan fingerprint density at radius 1 is 1.18 bits per heavy atom. The largest absolute Gasteiger partial charge is 0.322 e. The molecule has 146 valence electrons. The van der Waals surface area contributed by atoms with E-state index in [1.54, 1.807) is 18.7 Å². The Morgan fingerprint density at radius 2 is 1.86 bits per heavy atom. The molecule has 28 heavy (non-hydrogen) atoms. The third-order valence-electron chi connectivity index (χ3n) is 5.76. The maximum Gasteiger partial charge on any atom is 0.250 e. The van der Waals surface area contributed by atoms with Crippen LogP contribution in [0, 0.1) is 12.8 Å². The maximum absolute atomic E-state index is 13.2. The van der Waals surface area contributed by atoms with Crippen LogP contribution >= 0.6 is 0 Å². The number of carbonyl (C=O) groups excluding carboxylic acids is 2. The molecule has 1 fully saturated rings. The topological polar surface area (TPSA) is 61.4 Å². The quantitative estimate of drug-likeness (QED) is 0.833. The highest BCUT2D eigenvalue weighted by atomic mass is 16.2. The van der Waals surface area contributed by atoms with Gasteiger partial charge >= 0.3 is 0 Å². The average molecular weight is 377 g/mol. The van der Waals surface area contributed by atoms with E-state index < -0.39 is 5.54 Å². The van der Waals surface area contributed by atoms with Gasteiger partial charge in [0.1, 0.15) is 5.54 Å². The molecule has 1 aliphatic carbocycles. The first-order chi connectivity index (χ1) is 13.4. The monoisotopic (exact) mass is 377 g/mol. The smallest absolute Gasteiger partial charge is 0.250 e. The SMILES string of the molecule is Cc1ccc([C@@H](NCC(=O)N2c3ccccc3NC(=O)C2(C)C)C2CC2)cc1. The Hall–Kier alpha value is -2.66. The van der Waals surface area contributed by atoms with Gasteiger partial charge < -0.3 is 10.6 Å². The van der Waals surface area contributed by atoms with Crippen molar-refractivity contribution < 1.29 is 9.59 Å². The Kier molecular flexibility index (Phi) is 4.71. The summed E-state index contributed by atoms with van der Waals surface area (Å²) < 4.78 is 0. The van der Waals surface area contributed by atoms with E-state index in [9.17, 15) is 9.59 Å². The second-order valence-electron chi connectivity index (χ2n) is 8.37. The van der Waals surface area contributed by atoms with Crippen LogP contribution < -0.4 is 15.5 Å². The molecule has 0 unspecified atom stereocenters. The fourth-order valence-electron chi connectivity index (χ4n) is 3.93. The molecule has 2 aromatic carbocycles. The summed E-state index contributed by atoms with van der Waals surface area (Å²) in [4.78, 5) is 27.4. The number of aryl methyl sites for hydroxylation is 1. The summed E-state index contributed by atoms with van der Waals surface area (Å²) in [6, 6.07) is 16.1. The molecule has 0 aromatic heterocycles. The fourth-order valence-corrected chi connectivity index (χ4v) is 3.93. The standard InChI is InChI=1S/C23H27N3O2/c1-15-8-10-16(11-9-15)21(17-12-13-17)24-14-20(27)26-19-7-5-4-6-18(19)25-22(28)23(26,2)3/h4-11,17,21,24H,12-14H2,1-3H3,(H,25,28)/t21-/m1/s1. The van der Waals surface area contributed by atoms with Crippen molar-refractivity contribution in [1.29, 1.82) is 0 Å². The minimum atomic E-state index is -0.938. The van der Waals surface area contributed by atoms with Crippen molar-refractivity contribution in [2.45, 2.75) is 45.2 Å². The Bertz CT molecular complexity index is 900. The van der Waals surface area contributed by atoms with E-state index >= 15 is 0 Å². The van der Waals surface area contributed by atoms with Crippen LogP contribution in [0.5, 0.6) is 0 Å². The van der Waals surface area contributed by atoms with Crippen molar-refractivity contribution >= 4 is 23.2 Å². The maximum atomic E-state index is 13.2. The molecule has 0 spiro atoms. The fraction of sp³-hybridized carbons (Fsp3) is 0.391. The molecule has 0 bridgehead atoms. The summed E-state index contributed by atoms with van der Waals surface area (Å²) in [5, 5.41) is 6.38. The Balaban J connectivity index is 1.55. The number of hydrogen-bond donors (Lipinski definition) is 2. The first-order valence-electron chi connectivity index (χ1n) is 9.91. The van der Waals surface area contributed by atoms with Gasteiger partial charge in [0.05, 0.1) is 17.9 Å². The molecule has 1 aliphatic heterocycles. The number of hydrogen-bond acceptors (Lipinski definition) is 3. The number of rotatable bonds is 5. The van der Waals surface area contributed by atoms with Crippen LogP contribution in [-0.4, -0.2) is 23.9 Å². The van der Waals surface area contributed by atoms with Gasteiger partial charge in [-0.2, -0.15) is 0 Å². The van der Waals surface area contributed by atoms with Crippen LogP contribution in [0.3, 0.4) is 0 Å². The summed E-state index contributed by atoms with van der Waals surface area (Å²) in [7, 11) is 0. The van der Waals surface area contributed by atoms with Crippen molar-refractivity contribution in [2.24, 2.45) is 5.92 Å². The van der Waals surface area contributed by atoms with E-state index in [1.807, 2.05) is 24.3 Å². The van der Waals surface area contributed by atoms with Crippen molar-refractivity contribution in [3.63, 3.8) is 0 Å². The predicted octanol–water partition coefficient (Wildman–Crippen LogP) is 3.80. The van der Waals surface area contributed by atoms with E-state index in [0.29, 0.717) is 11.6 Å². The van der Waals surface area contributed by atoms with Gasteiger partial charge in [0.25, 0.3) is 0 Å². The predicted molar refractivity (Wildman–Crippen MR) is 111 cm³/mol. The average Bonchev–Trinajstić information content (AvgIpc) is 3.49. The lowest BCUT2D eigenvalue weighted by molar-refractivity contribution is -0.126. The molecule has 2 N–H and O–H groups in total. The highest BCUT2D eigenvalue weighted by molar-refractivity contribution is 6.14. The minimum absolute atomic E-state index is 0.0925. The zero-order valence-electron chi connectivity index (χ0n) is 16.7. The number of nitrogens with one attached hydrogen (secondary N) is 2. The van der Waals surface area contributed by atoms with E-state index in [2.05, 4.69) is 41.8 Å². The molecule has 5 nitrogen and oxygen atoms in total. The number of carbonyl (C=O) groups is 2. The number of nitrogens with zero attached hydrogens (tertiary/aromatic N) is 1. The molecule has 0 saturated heterocycles. The van der Waals surface area contributed by atoms with Gasteiger partial charge in [-0.25, -0.2) is 0 Å². The van der Waals surface area contributed by atoms with Crippen molar-refractivity contribution in [2.75, 3.05) is 16.8 Å². The zero-order valence-corrected chi connectivity index (χ0v) is 16.7. The summed E-state index contributed by atoms with van der Waals surface area (Å²) in [5.41, 5.74) is 2.94. The molecule has 2 amide bonds. The summed E-state index contributed by atoms with van der Waals surface area (Å²) in [6.45, 7) is 5.84. The molecule has 2 aromatic rings. The van der Waals surface area contributed by atoms with Gasteiger partial charge in [-0.05, 0) is 57.2 Å². The lowest BCUT2D eigenvalue weighted by Crippen LogP contribution is -2.60. The lowest BCUT2D eigenvalue weighted by Gasteiger charge is -2.42. The van der Waals surface area contributed by atoms with Gasteiger partial charge in [0, 0.05) is 6.04 Å². The van der Waals surface area contributed by atoms with Gasteiger partial charge in [0.15, 0.2) is 0 Å². The lowest BCUT2D eigenvalue weighted by atomic mass is 9.96. The van der Waals surface area contributed by atoms with E-state index in [4.69, 9.17) is 0 Å². The first-order valence-corrected chi connectivity index (χ1v) is 9.91. The highest BCUT2D eigenvalue weighted by Crippen LogP contribution is 2.41. The van der Waals surface area contributed by atoms with E-state index in [-0.39, 0.29) is 24.4 Å². The number of benzene rings is 2. The molecule has 4 rings (SSSR count). The molecule has 0 radical (unpaired) electrons. The number of para-hydroxylation sites is 2. The van der Waals surface area contributed by atoms with Crippen LogP contribution in [0.2, 0.25) is 0 Å². The zero-order chi connectivity index (χ0) is 19.9. The normalized spacial score (nSPS) is 19.0. The molecule has 1 heterocycles. The highest BCUT2D eigenvalue weighted by Gasteiger charge is 2.43. The molecule has 1 atom stereocenters. The van der Waals surface area contributed by atoms with Crippen molar-refractivity contribution in [3.05, 3.63) is 59.7 Å². The third-order valence-corrected chi connectivity index (χ3v) is 5.76. The van der Waals surface area contributed by atoms with Crippen LogP contribution in [0.4, 0.5) is 11.4 Å². The van der Waals surface area contributed by atoms with Crippen molar-refractivity contribution in [3.8, 4) is 0 Å². The summed E-state index contributed by atoms with van der Waals surface area (Å²) in [5.74, 6) is 0.308.